The standard InChI is InChI=1S/C13H24N2O2S2/c1-4-6-11-15(5-2)19(16,17)13-8-7-12(18-13)9-10-14-3/h7-8,14H,4-6,9-11H2,1-3H3. The molecule has 0 aliphatic carbocycles. The van der Waals surface area contributed by atoms with Crippen LogP contribution < -0.4 is 5.32 Å². The Morgan fingerprint density at radius 3 is 2.63 bits per heavy atom. The first-order chi connectivity index (χ1) is 9.06. The second kappa shape index (κ2) is 7.99. The normalized spacial score (nSPS) is 12.2. The number of likely N-dealkylation sites (N-methyl/N-ethyl adjacent to an activating group) is 1. The number of thiophene rings is 1. The molecule has 0 spiro atoms. The fraction of sp³-hybridized carbons (Fsp3) is 0.692. The van der Waals surface area contributed by atoms with E-state index < -0.39 is 10.0 Å². The molecule has 1 aromatic rings. The minimum Gasteiger partial charge on any atom is -0.319 e. The highest BCUT2D eigenvalue weighted by molar-refractivity contribution is 7.91. The second-order valence-corrected chi connectivity index (χ2v) is 7.76. The molecule has 0 fully saturated rings. The van der Waals surface area contributed by atoms with Crippen LogP contribution in [-0.2, 0) is 16.4 Å². The maximum absolute atomic E-state index is 12.5. The summed E-state index contributed by atoms with van der Waals surface area (Å²) >= 11 is 1.39. The summed E-state index contributed by atoms with van der Waals surface area (Å²) in [5.74, 6) is 0. The van der Waals surface area contributed by atoms with E-state index in [1.54, 1.807) is 10.4 Å². The molecule has 0 saturated heterocycles. The number of hydrogen-bond acceptors (Lipinski definition) is 4. The fourth-order valence-corrected chi connectivity index (χ4v) is 4.79. The smallest absolute Gasteiger partial charge is 0.252 e. The van der Waals surface area contributed by atoms with E-state index >= 15 is 0 Å². The number of unbranched alkanes of at least 4 members (excludes halogenated alkanes) is 1. The van der Waals surface area contributed by atoms with Gasteiger partial charge in [0.25, 0.3) is 10.0 Å². The SMILES string of the molecule is CCCCN(CC)S(=O)(=O)c1ccc(CCNC)s1. The predicted molar refractivity (Wildman–Crippen MR) is 81.3 cm³/mol. The molecule has 0 saturated carbocycles. The Labute approximate surface area is 120 Å². The van der Waals surface area contributed by atoms with Crippen molar-refractivity contribution in [3.8, 4) is 0 Å². The number of nitrogens with one attached hydrogen (secondary N) is 1. The maximum atomic E-state index is 12.5. The highest BCUT2D eigenvalue weighted by Crippen LogP contribution is 2.25. The molecule has 0 unspecified atom stereocenters. The average Bonchev–Trinajstić information content (AvgIpc) is 2.86. The summed E-state index contributed by atoms with van der Waals surface area (Å²) in [5.41, 5.74) is 0. The van der Waals surface area contributed by atoms with Crippen LogP contribution in [0.4, 0.5) is 0 Å². The molecule has 0 radical (unpaired) electrons. The molecule has 0 aliphatic heterocycles. The van der Waals surface area contributed by atoms with E-state index in [4.69, 9.17) is 0 Å². The van der Waals surface area contributed by atoms with Crippen LogP contribution >= 0.6 is 11.3 Å². The van der Waals surface area contributed by atoms with Gasteiger partial charge in [-0.15, -0.1) is 11.3 Å². The summed E-state index contributed by atoms with van der Waals surface area (Å²) in [5, 5.41) is 3.07. The number of hydrogen-bond donors (Lipinski definition) is 1. The highest BCUT2D eigenvalue weighted by atomic mass is 32.2. The van der Waals surface area contributed by atoms with E-state index in [0.717, 1.165) is 30.7 Å². The third-order valence-electron chi connectivity index (χ3n) is 2.97. The van der Waals surface area contributed by atoms with Gasteiger partial charge in [0.2, 0.25) is 0 Å². The molecular formula is C13H24N2O2S2. The topological polar surface area (TPSA) is 49.4 Å². The first-order valence-electron chi connectivity index (χ1n) is 6.79. The zero-order valence-corrected chi connectivity index (χ0v) is 13.6. The van der Waals surface area contributed by atoms with Gasteiger partial charge in [-0.1, -0.05) is 20.3 Å². The number of rotatable bonds is 9. The van der Waals surface area contributed by atoms with Crippen molar-refractivity contribution < 1.29 is 8.42 Å². The Morgan fingerprint density at radius 2 is 2.05 bits per heavy atom. The quantitative estimate of drug-likeness (QED) is 0.762. The van der Waals surface area contributed by atoms with Gasteiger partial charge in [-0.05, 0) is 38.6 Å². The van der Waals surface area contributed by atoms with Gasteiger partial charge in [-0.2, -0.15) is 4.31 Å². The Hall–Kier alpha value is -0.430. The van der Waals surface area contributed by atoms with Crippen LogP contribution in [0.1, 0.15) is 31.6 Å². The lowest BCUT2D eigenvalue weighted by atomic mass is 10.3. The van der Waals surface area contributed by atoms with Crippen LogP contribution in [0, 0.1) is 0 Å². The lowest BCUT2D eigenvalue weighted by Crippen LogP contribution is -2.31. The molecule has 19 heavy (non-hydrogen) atoms. The average molecular weight is 304 g/mol. The van der Waals surface area contributed by atoms with Gasteiger partial charge < -0.3 is 5.32 Å². The zero-order chi connectivity index (χ0) is 14.3. The van der Waals surface area contributed by atoms with E-state index in [9.17, 15) is 8.42 Å². The van der Waals surface area contributed by atoms with Crippen LogP contribution in [-0.4, -0.2) is 39.4 Å². The first-order valence-corrected chi connectivity index (χ1v) is 9.05. The van der Waals surface area contributed by atoms with Crippen LogP contribution in [0.15, 0.2) is 16.3 Å². The third kappa shape index (κ3) is 4.56. The van der Waals surface area contributed by atoms with Crippen LogP contribution in [0.25, 0.3) is 0 Å². The molecule has 6 heteroatoms. The van der Waals surface area contributed by atoms with E-state index in [1.165, 1.54) is 11.3 Å². The van der Waals surface area contributed by atoms with Crippen molar-refractivity contribution in [1.29, 1.82) is 0 Å². The van der Waals surface area contributed by atoms with Crippen molar-refractivity contribution in [1.82, 2.24) is 9.62 Å². The van der Waals surface area contributed by atoms with Gasteiger partial charge in [-0.3, -0.25) is 0 Å². The molecule has 0 bridgehead atoms. The van der Waals surface area contributed by atoms with Crippen molar-refractivity contribution in [3.05, 3.63) is 17.0 Å². The predicted octanol–water partition coefficient (Wildman–Crippen LogP) is 2.32. The van der Waals surface area contributed by atoms with Gasteiger partial charge in [-0.25, -0.2) is 8.42 Å². The summed E-state index contributed by atoms with van der Waals surface area (Å²) in [4.78, 5) is 1.11. The van der Waals surface area contributed by atoms with E-state index in [0.29, 0.717) is 17.3 Å². The largest absolute Gasteiger partial charge is 0.319 e. The van der Waals surface area contributed by atoms with Gasteiger partial charge in [0.15, 0.2) is 0 Å². The lowest BCUT2D eigenvalue weighted by Gasteiger charge is -2.18. The van der Waals surface area contributed by atoms with E-state index in [1.807, 2.05) is 20.0 Å². The minimum atomic E-state index is -3.30. The molecule has 0 aromatic carbocycles. The summed E-state index contributed by atoms with van der Waals surface area (Å²) in [7, 11) is -1.40. The van der Waals surface area contributed by atoms with Crippen molar-refractivity contribution in [3.63, 3.8) is 0 Å². The van der Waals surface area contributed by atoms with Crippen molar-refractivity contribution in [2.75, 3.05) is 26.7 Å². The van der Waals surface area contributed by atoms with E-state index in [2.05, 4.69) is 12.2 Å². The second-order valence-electron chi connectivity index (χ2n) is 4.42. The molecule has 1 rings (SSSR count). The molecular weight excluding hydrogens is 280 g/mol. The first kappa shape index (κ1) is 16.6. The van der Waals surface area contributed by atoms with Crippen molar-refractivity contribution >= 4 is 21.4 Å². The Morgan fingerprint density at radius 1 is 1.32 bits per heavy atom. The van der Waals surface area contributed by atoms with Crippen molar-refractivity contribution in [2.24, 2.45) is 0 Å². The summed E-state index contributed by atoms with van der Waals surface area (Å²) in [6.07, 6.45) is 2.78. The number of sulfonamides is 1. The maximum Gasteiger partial charge on any atom is 0.252 e. The van der Waals surface area contributed by atoms with Crippen LogP contribution in [0.3, 0.4) is 0 Å². The van der Waals surface area contributed by atoms with E-state index in [-0.39, 0.29) is 0 Å². The molecule has 0 atom stereocenters. The van der Waals surface area contributed by atoms with Gasteiger partial charge in [0, 0.05) is 18.0 Å². The van der Waals surface area contributed by atoms with Gasteiger partial charge >= 0.3 is 0 Å². The molecule has 1 aromatic heterocycles. The van der Waals surface area contributed by atoms with Gasteiger partial charge in [0.05, 0.1) is 0 Å². The van der Waals surface area contributed by atoms with Gasteiger partial charge in [0.1, 0.15) is 4.21 Å². The highest BCUT2D eigenvalue weighted by Gasteiger charge is 2.24. The monoisotopic (exact) mass is 304 g/mol. The Kier molecular flexibility index (Phi) is 6.99. The van der Waals surface area contributed by atoms with Crippen molar-refractivity contribution in [2.45, 2.75) is 37.3 Å². The zero-order valence-electron chi connectivity index (χ0n) is 12.0. The Bertz CT molecular complexity index is 469. The molecule has 4 nitrogen and oxygen atoms in total. The lowest BCUT2D eigenvalue weighted by molar-refractivity contribution is 0.420. The fourth-order valence-electron chi connectivity index (χ4n) is 1.79. The Balaban J connectivity index is 2.82. The molecule has 0 aliphatic rings. The molecule has 0 amide bonds. The van der Waals surface area contributed by atoms with Crippen LogP contribution in [0.5, 0.6) is 0 Å². The molecule has 1 N–H and O–H groups in total. The summed E-state index contributed by atoms with van der Waals surface area (Å²) < 4.78 is 27.0. The molecule has 110 valence electrons. The summed E-state index contributed by atoms with van der Waals surface area (Å²) in [6, 6.07) is 3.65. The minimum absolute atomic E-state index is 0.469. The van der Waals surface area contributed by atoms with Crippen LogP contribution in [0.2, 0.25) is 0 Å². The molecule has 1 heterocycles. The summed E-state index contributed by atoms with van der Waals surface area (Å²) in [6.45, 7) is 5.97. The third-order valence-corrected chi connectivity index (χ3v) is 6.55. The number of nitrogens with zero attached hydrogens (tertiary/aromatic N) is 1.